The topological polar surface area (TPSA) is 38.5 Å². The third-order valence-electron chi connectivity index (χ3n) is 4.31. The summed E-state index contributed by atoms with van der Waals surface area (Å²) in [5, 5.41) is 0. The highest BCUT2D eigenvalue weighted by Gasteiger charge is 2.23. The highest BCUT2D eigenvalue weighted by molar-refractivity contribution is 5.27. The molecule has 2 atom stereocenters. The third kappa shape index (κ3) is 3.95. The second-order valence-electron chi connectivity index (χ2n) is 5.59. The molecule has 1 aromatic rings. The Morgan fingerprint density at radius 1 is 1.26 bits per heavy atom. The number of nitrogens with two attached hydrogens (primary N) is 1. The van der Waals surface area contributed by atoms with Crippen molar-refractivity contribution < 1.29 is 4.74 Å². The minimum atomic E-state index is 0.587. The second kappa shape index (κ2) is 6.92. The molecule has 3 heteroatoms. The molecule has 0 amide bonds. The summed E-state index contributed by atoms with van der Waals surface area (Å²) in [4.78, 5) is 2.54. The monoisotopic (exact) mass is 262 g/mol. The molecule has 0 aromatic heterocycles. The van der Waals surface area contributed by atoms with Crippen molar-refractivity contribution in [3.63, 3.8) is 0 Å². The molecular formula is C16H26N2O. The van der Waals surface area contributed by atoms with Crippen molar-refractivity contribution in [2.75, 3.05) is 19.7 Å². The zero-order valence-electron chi connectivity index (χ0n) is 12.1. The number of likely N-dealkylation sites (tertiary alicyclic amines) is 1. The Morgan fingerprint density at radius 3 is 2.68 bits per heavy atom. The van der Waals surface area contributed by atoms with E-state index in [-0.39, 0.29) is 0 Å². The van der Waals surface area contributed by atoms with Crippen LogP contribution in [0.3, 0.4) is 0 Å². The number of benzene rings is 1. The van der Waals surface area contributed by atoms with Gasteiger partial charge < -0.3 is 10.5 Å². The van der Waals surface area contributed by atoms with Crippen molar-refractivity contribution in [1.82, 2.24) is 4.90 Å². The standard InChI is InChI=1S/C16H26N2O/c1-13-4-3-9-18(14(13)2)10-11-19-16-7-5-15(12-17)6-8-16/h5-8,13-14H,3-4,9-12,17H2,1-2H3. The quantitative estimate of drug-likeness (QED) is 0.886. The van der Waals surface area contributed by atoms with E-state index in [1.54, 1.807) is 0 Å². The Morgan fingerprint density at radius 2 is 2.00 bits per heavy atom. The van der Waals surface area contributed by atoms with Crippen LogP contribution in [0.25, 0.3) is 0 Å². The van der Waals surface area contributed by atoms with Gasteiger partial charge in [-0.25, -0.2) is 0 Å². The van der Waals surface area contributed by atoms with Crippen LogP contribution < -0.4 is 10.5 Å². The fraction of sp³-hybridized carbons (Fsp3) is 0.625. The third-order valence-corrected chi connectivity index (χ3v) is 4.31. The average Bonchev–Trinajstić information content (AvgIpc) is 2.44. The number of piperidine rings is 1. The van der Waals surface area contributed by atoms with E-state index in [1.807, 2.05) is 24.3 Å². The highest BCUT2D eigenvalue weighted by Crippen LogP contribution is 2.22. The van der Waals surface area contributed by atoms with Gasteiger partial charge in [0.25, 0.3) is 0 Å². The SMILES string of the molecule is CC1CCCN(CCOc2ccc(CN)cc2)C1C. The maximum absolute atomic E-state index is 5.81. The van der Waals surface area contributed by atoms with Gasteiger partial charge in [0.2, 0.25) is 0 Å². The lowest BCUT2D eigenvalue weighted by molar-refractivity contribution is 0.0958. The van der Waals surface area contributed by atoms with Crippen molar-refractivity contribution in [2.45, 2.75) is 39.3 Å². The van der Waals surface area contributed by atoms with Crippen LogP contribution in [0.1, 0.15) is 32.3 Å². The molecule has 1 fully saturated rings. The highest BCUT2D eigenvalue weighted by atomic mass is 16.5. The first-order valence-corrected chi connectivity index (χ1v) is 7.36. The average molecular weight is 262 g/mol. The summed E-state index contributed by atoms with van der Waals surface area (Å²) < 4.78 is 5.81. The smallest absolute Gasteiger partial charge is 0.119 e. The maximum atomic E-state index is 5.81. The number of hydrogen-bond acceptors (Lipinski definition) is 3. The normalized spacial score (nSPS) is 24.4. The zero-order valence-corrected chi connectivity index (χ0v) is 12.1. The lowest BCUT2D eigenvalue weighted by Crippen LogP contribution is -2.44. The van der Waals surface area contributed by atoms with Crippen LogP contribution in [0.5, 0.6) is 5.75 Å². The molecule has 106 valence electrons. The molecule has 1 aliphatic rings. The van der Waals surface area contributed by atoms with Crippen molar-refractivity contribution >= 4 is 0 Å². The van der Waals surface area contributed by atoms with Crippen molar-refractivity contribution in [3.8, 4) is 5.75 Å². The molecule has 2 N–H and O–H groups in total. The minimum Gasteiger partial charge on any atom is -0.492 e. The molecule has 0 radical (unpaired) electrons. The van der Waals surface area contributed by atoms with Gasteiger partial charge in [-0.15, -0.1) is 0 Å². The predicted molar refractivity (Wildman–Crippen MR) is 79.3 cm³/mol. The van der Waals surface area contributed by atoms with Gasteiger partial charge in [0.1, 0.15) is 12.4 Å². The van der Waals surface area contributed by atoms with Gasteiger partial charge in [0, 0.05) is 19.1 Å². The lowest BCUT2D eigenvalue weighted by Gasteiger charge is -2.37. The van der Waals surface area contributed by atoms with E-state index in [0.29, 0.717) is 12.6 Å². The number of ether oxygens (including phenoxy) is 1. The van der Waals surface area contributed by atoms with Gasteiger partial charge in [-0.05, 0) is 49.9 Å². The summed E-state index contributed by atoms with van der Waals surface area (Å²) in [6.07, 6.45) is 2.68. The van der Waals surface area contributed by atoms with Gasteiger partial charge in [-0.3, -0.25) is 4.90 Å². The van der Waals surface area contributed by atoms with E-state index < -0.39 is 0 Å². The minimum absolute atomic E-state index is 0.587. The number of hydrogen-bond donors (Lipinski definition) is 1. The van der Waals surface area contributed by atoms with Gasteiger partial charge >= 0.3 is 0 Å². The first kappa shape index (κ1) is 14.4. The first-order chi connectivity index (χ1) is 9.20. The molecule has 0 aliphatic carbocycles. The second-order valence-corrected chi connectivity index (χ2v) is 5.59. The van der Waals surface area contributed by atoms with Gasteiger partial charge in [0.15, 0.2) is 0 Å². The molecule has 19 heavy (non-hydrogen) atoms. The summed E-state index contributed by atoms with van der Waals surface area (Å²) in [6.45, 7) is 8.26. The van der Waals surface area contributed by atoms with Crippen LogP contribution in [0, 0.1) is 5.92 Å². The molecule has 0 spiro atoms. The molecular weight excluding hydrogens is 236 g/mol. The molecule has 1 saturated heterocycles. The summed E-state index contributed by atoms with van der Waals surface area (Å²) in [5.41, 5.74) is 6.72. The number of rotatable bonds is 5. The molecule has 1 aliphatic heterocycles. The van der Waals surface area contributed by atoms with E-state index in [9.17, 15) is 0 Å². The van der Waals surface area contributed by atoms with E-state index in [0.717, 1.165) is 30.4 Å². The summed E-state index contributed by atoms with van der Waals surface area (Å²) in [5.74, 6) is 1.74. The zero-order chi connectivity index (χ0) is 13.7. The van der Waals surface area contributed by atoms with E-state index >= 15 is 0 Å². The van der Waals surface area contributed by atoms with Crippen LogP contribution in [0.15, 0.2) is 24.3 Å². The number of nitrogens with zero attached hydrogens (tertiary/aromatic N) is 1. The summed E-state index contributed by atoms with van der Waals surface area (Å²) in [6, 6.07) is 8.74. The first-order valence-electron chi connectivity index (χ1n) is 7.36. The Labute approximate surface area is 116 Å². The van der Waals surface area contributed by atoms with E-state index in [1.165, 1.54) is 19.4 Å². The largest absolute Gasteiger partial charge is 0.492 e. The molecule has 1 heterocycles. The van der Waals surface area contributed by atoms with Crippen LogP contribution in [0.4, 0.5) is 0 Å². The summed E-state index contributed by atoms with van der Waals surface area (Å²) >= 11 is 0. The van der Waals surface area contributed by atoms with Gasteiger partial charge in [0.05, 0.1) is 0 Å². The van der Waals surface area contributed by atoms with Crippen LogP contribution in [-0.2, 0) is 6.54 Å². The molecule has 2 rings (SSSR count). The Bertz CT molecular complexity index is 377. The lowest BCUT2D eigenvalue weighted by atomic mass is 9.92. The van der Waals surface area contributed by atoms with Gasteiger partial charge in [-0.2, -0.15) is 0 Å². The van der Waals surface area contributed by atoms with E-state index in [2.05, 4.69) is 18.7 Å². The summed E-state index contributed by atoms with van der Waals surface area (Å²) in [7, 11) is 0. The molecule has 2 unspecified atom stereocenters. The van der Waals surface area contributed by atoms with Crippen molar-refractivity contribution in [2.24, 2.45) is 11.7 Å². The van der Waals surface area contributed by atoms with Crippen LogP contribution >= 0.6 is 0 Å². The van der Waals surface area contributed by atoms with E-state index in [4.69, 9.17) is 10.5 Å². The predicted octanol–water partition coefficient (Wildman–Crippen LogP) is 2.64. The van der Waals surface area contributed by atoms with Crippen molar-refractivity contribution in [3.05, 3.63) is 29.8 Å². The molecule has 0 saturated carbocycles. The van der Waals surface area contributed by atoms with Crippen LogP contribution in [-0.4, -0.2) is 30.6 Å². The van der Waals surface area contributed by atoms with Crippen LogP contribution in [0.2, 0.25) is 0 Å². The fourth-order valence-electron chi connectivity index (χ4n) is 2.74. The maximum Gasteiger partial charge on any atom is 0.119 e. The molecule has 0 bridgehead atoms. The molecule has 3 nitrogen and oxygen atoms in total. The van der Waals surface area contributed by atoms with Crippen molar-refractivity contribution in [1.29, 1.82) is 0 Å². The Kier molecular flexibility index (Phi) is 5.23. The Hall–Kier alpha value is -1.06. The Balaban J connectivity index is 1.76. The fourth-order valence-corrected chi connectivity index (χ4v) is 2.74. The van der Waals surface area contributed by atoms with Gasteiger partial charge in [-0.1, -0.05) is 19.1 Å². The molecule has 1 aromatic carbocycles.